The summed E-state index contributed by atoms with van der Waals surface area (Å²) in [6.45, 7) is 1.97. The number of carboxylic acids is 1. The van der Waals surface area contributed by atoms with Gasteiger partial charge >= 0.3 is 11.9 Å². The van der Waals surface area contributed by atoms with E-state index >= 15 is 0 Å². The number of halogens is 1. The van der Waals surface area contributed by atoms with E-state index < -0.39 is 17.9 Å². The molecule has 2 N–H and O–H groups in total. The molecule has 1 aromatic rings. The maximum absolute atomic E-state index is 13.4. The molecule has 19 heavy (non-hydrogen) atoms. The number of carboxylic acid groups (broad SMARTS) is 1. The number of hydrogen-bond acceptors (Lipinski definition) is 4. The summed E-state index contributed by atoms with van der Waals surface area (Å²) in [6, 6.07) is 3.75. The van der Waals surface area contributed by atoms with E-state index in [1.54, 1.807) is 6.92 Å². The van der Waals surface area contributed by atoms with Crippen LogP contribution in [-0.4, -0.2) is 28.8 Å². The van der Waals surface area contributed by atoms with E-state index in [0.29, 0.717) is 12.0 Å². The van der Waals surface area contributed by atoms with E-state index in [1.807, 2.05) is 0 Å². The average Bonchev–Trinajstić information content (AvgIpc) is 2.37. The lowest BCUT2D eigenvalue weighted by atomic mass is 10.0. The van der Waals surface area contributed by atoms with Gasteiger partial charge in [-0.2, -0.15) is 0 Å². The molecule has 104 valence electrons. The molecule has 1 rings (SSSR count). The first-order chi connectivity index (χ1) is 8.95. The standard InChI is InChI=1S/C13H15FO5/c1-2-19-11(15)6-4-8-3-5-10(14)9(7-8)12(16)13(17)18/h3,5,7,12,16H,2,4,6H2,1H3,(H,17,18). The van der Waals surface area contributed by atoms with Gasteiger partial charge in [0.2, 0.25) is 0 Å². The van der Waals surface area contributed by atoms with E-state index in [1.165, 1.54) is 12.1 Å². The normalized spacial score (nSPS) is 11.9. The molecule has 0 spiro atoms. The molecule has 0 aliphatic heterocycles. The minimum atomic E-state index is -1.91. The highest BCUT2D eigenvalue weighted by atomic mass is 19.1. The van der Waals surface area contributed by atoms with Crippen molar-refractivity contribution in [3.05, 3.63) is 35.1 Å². The van der Waals surface area contributed by atoms with Crippen molar-refractivity contribution >= 4 is 11.9 Å². The molecule has 0 aliphatic carbocycles. The molecule has 0 fully saturated rings. The number of aliphatic hydroxyl groups is 1. The molecule has 0 saturated carbocycles. The Hall–Kier alpha value is -1.95. The van der Waals surface area contributed by atoms with Crippen LogP contribution in [0.5, 0.6) is 0 Å². The number of hydrogen-bond donors (Lipinski definition) is 2. The van der Waals surface area contributed by atoms with E-state index in [0.717, 1.165) is 6.07 Å². The molecule has 0 saturated heterocycles. The van der Waals surface area contributed by atoms with Gasteiger partial charge in [-0.15, -0.1) is 0 Å². The van der Waals surface area contributed by atoms with Gasteiger partial charge in [0.1, 0.15) is 5.82 Å². The van der Waals surface area contributed by atoms with Crippen LogP contribution in [0, 0.1) is 5.82 Å². The second kappa shape index (κ2) is 6.84. The SMILES string of the molecule is CCOC(=O)CCc1ccc(F)c(C(O)C(=O)O)c1. The molecular weight excluding hydrogens is 255 g/mol. The van der Waals surface area contributed by atoms with Crippen LogP contribution in [0.15, 0.2) is 18.2 Å². The van der Waals surface area contributed by atoms with Gasteiger partial charge in [-0.1, -0.05) is 6.07 Å². The predicted octanol–water partition coefficient (Wildman–Crippen LogP) is 1.44. The number of carbonyl (C=O) groups excluding carboxylic acids is 1. The third-order valence-corrected chi connectivity index (χ3v) is 2.51. The number of esters is 1. The summed E-state index contributed by atoms with van der Waals surface area (Å²) in [7, 11) is 0. The molecule has 0 aromatic heterocycles. The van der Waals surface area contributed by atoms with Crippen LogP contribution in [-0.2, 0) is 20.7 Å². The summed E-state index contributed by atoms with van der Waals surface area (Å²) < 4.78 is 18.1. The summed E-state index contributed by atoms with van der Waals surface area (Å²) in [6.07, 6.45) is -1.51. The smallest absolute Gasteiger partial charge is 0.337 e. The first-order valence-electron chi connectivity index (χ1n) is 5.80. The fraction of sp³-hybridized carbons (Fsp3) is 0.385. The van der Waals surface area contributed by atoms with Crippen molar-refractivity contribution in [1.82, 2.24) is 0 Å². The van der Waals surface area contributed by atoms with E-state index in [2.05, 4.69) is 0 Å². The van der Waals surface area contributed by atoms with Gasteiger partial charge in [-0.25, -0.2) is 9.18 Å². The van der Waals surface area contributed by atoms with Gasteiger partial charge in [0.25, 0.3) is 0 Å². The van der Waals surface area contributed by atoms with Crippen molar-refractivity contribution in [3.8, 4) is 0 Å². The van der Waals surface area contributed by atoms with Crippen molar-refractivity contribution in [2.24, 2.45) is 0 Å². The number of rotatable bonds is 6. The molecule has 0 aliphatic rings. The second-order valence-corrected chi connectivity index (χ2v) is 3.90. The van der Waals surface area contributed by atoms with Crippen molar-refractivity contribution in [3.63, 3.8) is 0 Å². The molecule has 1 atom stereocenters. The number of ether oxygens (including phenoxy) is 1. The highest BCUT2D eigenvalue weighted by Gasteiger charge is 2.20. The molecule has 0 amide bonds. The van der Waals surface area contributed by atoms with E-state index in [-0.39, 0.29) is 24.6 Å². The molecule has 1 aromatic carbocycles. The third-order valence-electron chi connectivity index (χ3n) is 2.51. The molecular formula is C13H15FO5. The largest absolute Gasteiger partial charge is 0.479 e. The van der Waals surface area contributed by atoms with Crippen LogP contribution in [0.1, 0.15) is 30.6 Å². The zero-order valence-corrected chi connectivity index (χ0v) is 10.4. The van der Waals surface area contributed by atoms with Crippen molar-refractivity contribution in [2.45, 2.75) is 25.9 Å². The summed E-state index contributed by atoms with van der Waals surface area (Å²) in [5, 5.41) is 18.0. The predicted molar refractivity (Wildman–Crippen MR) is 63.9 cm³/mol. The molecule has 0 radical (unpaired) electrons. The highest BCUT2D eigenvalue weighted by Crippen LogP contribution is 2.20. The lowest BCUT2D eigenvalue weighted by Crippen LogP contribution is -2.13. The molecule has 0 bridgehead atoms. The summed E-state index contributed by atoms with van der Waals surface area (Å²) >= 11 is 0. The summed E-state index contributed by atoms with van der Waals surface area (Å²) in [4.78, 5) is 21.8. The maximum Gasteiger partial charge on any atom is 0.337 e. The number of aryl methyl sites for hydroxylation is 1. The number of benzene rings is 1. The fourth-order valence-electron chi connectivity index (χ4n) is 1.57. The van der Waals surface area contributed by atoms with Crippen molar-refractivity contribution in [1.29, 1.82) is 0 Å². The van der Waals surface area contributed by atoms with Crippen LogP contribution < -0.4 is 0 Å². The van der Waals surface area contributed by atoms with Crippen molar-refractivity contribution in [2.75, 3.05) is 6.61 Å². The van der Waals surface area contributed by atoms with Crippen LogP contribution >= 0.6 is 0 Å². The summed E-state index contributed by atoms with van der Waals surface area (Å²) in [5.74, 6) is -2.71. The average molecular weight is 270 g/mol. The number of aliphatic hydroxyl groups excluding tert-OH is 1. The quantitative estimate of drug-likeness (QED) is 0.764. The molecule has 6 heteroatoms. The van der Waals surface area contributed by atoms with Crippen LogP contribution in [0.4, 0.5) is 4.39 Å². The van der Waals surface area contributed by atoms with Crippen molar-refractivity contribution < 1.29 is 28.9 Å². The Labute approximate surface area is 109 Å². The molecule has 5 nitrogen and oxygen atoms in total. The Kier molecular flexibility index (Phi) is 5.44. The van der Waals surface area contributed by atoms with Gasteiger partial charge in [-0.05, 0) is 31.0 Å². The monoisotopic (exact) mass is 270 g/mol. The van der Waals surface area contributed by atoms with Gasteiger partial charge in [-0.3, -0.25) is 4.79 Å². The van der Waals surface area contributed by atoms with Gasteiger partial charge < -0.3 is 14.9 Å². The molecule has 0 heterocycles. The Morgan fingerprint density at radius 1 is 1.42 bits per heavy atom. The Morgan fingerprint density at radius 3 is 2.68 bits per heavy atom. The van der Waals surface area contributed by atoms with Crippen LogP contribution in [0.25, 0.3) is 0 Å². The first kappa shape index (κ1) is 15.1. The lowest BCUT2D eigenvalue weighted by molar-refractivity contribution is -0.147. The fourth-order valence-corrected chi connectivity index (χ4v) is 1.57. The number of carbonyl (C=O) groups is 2. The number of aliphatic carboxylic acids is 1. The Bertz CT molecular complexity index is 472. The lowest BCUT2D eigenvalue weighted by Gasteiger charge is -2.09. The Balaban J connectivity index is 2.79. The minimum absolute atomic E-state index is 0.113. The van der Waals surface area contributed by atoms with Crippen LogP contribution in [0.3, 0.4) is 0 Å². The third kappa shape index (κ3) is 4.33. The maximum atomic E-state index is 13.4. The second-order valence-electron chi connectivity index (χ2n) is 3.90. The minimum Gasteiger partial charge on any atom is -0.479 e. The highest BCUT2D eigenvalue weighted by molar-refractivity contribution is 5.74. The van der Waals surface area contributed by atoms with Crippen LogP contribution in [0.2, 0.25) is 0 Å². The van der Waals surface area contributed by atoms with Gasteiger partial charge in [0.05, 0.1) is 6.61 Å². The zero-order chi connectivity index (χ0) is 14.4. The zero-order valence-electron chi connectivity index (χ0n) is 10.4. The topological polar surface area (TPSA) is 83.8 Å². The Morgan fingerprint density at radius 2 is 2.11 bits per heavy atom. The summed E-state index contributed by atoms with van der Waals surface area (Å²) in [5.41, 5.74) is 0.249. The molecule has 1 unspecified atom stereocenters. The van der Waals surface area contributed by atoms with E-state index in [4.69, 9.17) is 9.84 Å². The van der Waals surface area contributed by atoms with Gasteiger partial charge in [0.15, 0.2) is 6.10 Å². The van der Waals surface area contributed by atoms with E-state index in [9.17, 15) is 19.1 Å². The first-order valence-corrected chi connectivity index (χ1v) is 5.80. The van der Waals surface area contributed by atoms with Gasteiger partial charge in [0, 0.05) is 12.0 Å².